The number of imidazole rings is 1. The van der Waals surface area contributed by atoms with Gasteiger partial charge < -0.3 is 9.72 Å². The molecule has 0 aliphatic heterocycles. The number of fused-ring (bicyclic) bond motifs is 1. The number of nitrogens with zero attached hydrogens (tertiary/aromatic N) is 3. The van der Waals surface area contributed by atoms with Gasteiger partial charge in [0, 0.05) is 18.5 Å². The third kappa shape index (κ3) is 2.08. The Morgan fingerprint density at radius 1 is 1.39 bits per heavy atom. The normalized spacial score (nSPS) is 10.7. The number of hydrogen-bond acceptors (Lipinski definition) is 3. The monoisotopic (exact) mass is 241 g/mol. The number of rotatable bonds is 3. The number of nitrogens with one attached hydrogen (secondary N) is 2. The van der Waals surface area contributed by atoms with Crippen LogP contribution in [0.1, 0.15) is 5.69 Å². The molecule has 0 aliphatic carbocycles. The van der Waals surface area contributed by atoms with Crippen LogP contribution in [-0.4, -0.2) is 25.5 Å². The third-order valence-corrected chi connectivity index (χ3v) is 2.53. The maximum atomic E-state index is 11.7. The van der Waals surface area contributed by atoms with Crippen LogP contribution in [0.5, 0.6) is 0 Å². The van der Waals surface area contributed by atoms with Gasteiger partial charge in [-0.15, -0.1) is 0 Å². The standard InChI is InChI=1S/C12H11N5O/c18-12(15-10-4-5-13-16-10)7-9-8-17-6-2-1-3-11(17)14-9/h1-6,8H,7H2,(H2,13,15,16,18). The lowest BCUT2D eigenvalue weighted by Crippen LogP contribution is -2.14. The van der Waals surface area contributed by atoms with E-state index in [1.807, 2.05) is 35.0 Å². The van der Waals surface area contributed by atoms with Gasteiger partial charge in [0.05, 0.1) is 18.3 Å². The summed E-state index contributed by atoms with van der Waals surface area (Å²) in [5.74, 6) is 0.464. The average Bonchev–Trinajstić information content (AvgIpc) is 2.96. The number of hydrogen-bond donors (Lipinski definition) is 2. The van der Waals surface area contributed by atoms with Crippen LogP contribution in [0.3, 0.4) is 0 Å². The van der Waals surface area contributed by atoms with Crippen molar-refractivity contribution in [2.24, 2.45) is 0 Å². The summed E-state index contributed by atoms with van der Waals surface area (Å²) < 4.78 is 1.89. The van der Waals surface area contributed by atoms with E-state index in [4.69, 9.17) is 0 Å². The summed E-state index contributed by atoms with van der Waals surface area (Å²) in [4.78, 5) is 16.1. The topological polar surface area (TPSA) is 75.1 Å². The van der Waals surface area contributed by atoms with Crippen LogP contribution in [-0.2, 0) is 11.2 Å². The summed E-state index contributed by atoms with van der Waals surface area (Å²) in [6.45, 7) is 0. The van der Waals surface area contributed by atoms with Crippen molar-refractivity contribution in [3.05, 3.63) is 48.5 Å². The predicted octanol–water partition coefficient (Wildman–Crippen LogP) is 1.24. The van der Waals surface area contributed by atoms with E-state index in [1.54, 1.807) is 12.3 Å². The number of H-pyrrole nitrogens is 1. The van der Waals surface area contributed by atoms with Gasteiger partial charge in [0.1, 0.15) is 11.5 Å². The summed E-state index contributed by atoms with van der Waals surface area (Å²) in [5, 5.41) is 9.14. The Labute approximate surface area is 103 Å². The summed E-state index contributed by atoms with van der Waals surface area (Å²) >= 11 is 0. The fraction of sp³-hybridized carbons (Fsp3) is 0.0833. The Balaban J connectivity index is 1.74. The molecule has 0 bridgehead atoms. The minimum absolute atomic E-state index is 0.123. The molecule has 3 aromatic rings. The molecular weight excluding hydrogens is 230 g/mol. The zero-order chi connectivity index (χ0) is 12.4. The first-order valence-corrected chi connectivity index (χ1v) is 5.53. The maximum Gasteiger partial charge on any atom is 0.231 e. The Morgan fingerprint density at radius 2 is 2.33 bits per heavy atom. The van der Waals surface area contributed by atoms with Crippen molar-refractivity contribution in [3.8, 4) is 0 Å². The van der Waals surface area contributed by atoms with E-state index in [0.717, 1.165) is 11.3 Å². The first-order chi connectivity index (χ1) is 8.81. The summed E-state index contributed by atoms with van der Waals surface area (Å²) in [6, 6.07) is 7.43. The molecule has 3 heterocycles. The Kier molecular flexibility index (Phi) is 2.53. The minimum Gasteiger partial charge on any atom is -0.311 e. The summed E-state index contributed by atoms with van der Waals surface area (Å²) in [6.07, 6.45) is 5.57. The lowest BCUT2D eigenvalue weighted by atomic mass is 10.3. The highest BCUT2D eigenvalue weighted by atomic mass is 16.1. The van der Waals surface area contributed by atoms with Crippen molar-refractivity contribution in [1.82, 2.24) is 19.6 Å². The highest BCUT2D eigenvalue weighted by molar-refractivity contribution is 5.91. The van der Waals surface area contributed by atoms with E-state index < -0.39 is 0 Å². The highest BCUT2D eigenvalue weighted by Gasteiger charge is 2.08. The number of carbonyl (C=O) groups is 1. The van der Waals surface area contributed by atoms with E-state index in [-0.39, 0.29) is 12.3 Å². The van der Waals surface area contributed by atoms with Gasteiger partial charge in [-0.3, -0.25) is 9.89 Å². The number of carbonyl (C=O) groups excluding carboxylic acids is 1. The first kappa shape index (κ1) is 10.5. The molecule has 6 heteroatoms. The molecule has 2 N–H and O–H groups in total. The average molecular weight is 241 g/mol. The number of pyridine rings is 1. The number of aromatic nitrogens is 4. The van der Waals surface area contributed by atoms with E-state index in [0.29, 0.717) is 5.82 Å². The van der Waals surface area contributed by atoms with Gasteiger partial charge in [-0.05, 0) is 12.1 Å². The Hall–Kier alpha value is -2.63. The van der Waals surface area contributed by atoms with Gasteiger partial charge in [0.15, 0.2) is 0 Å². The van der Waals surface area contributed by atoms with Gasteiger partial charge >= 0.3 is 0 Å². The highest BCUT2D eigenvalue weighted by Crippen LogP contribution is 2.06. The molecule has 18 heavy (non-hydrogen) atoms. The molecule has 3 rings (SSSR count). The van der Waals surface area contributed by atoms with Crippen molar-refractivity contribution in [2.75, 3.05) is 5.32 Å². The van der Waals surface area contributed by atoms with Crippen molar-refractivity contribution < 1.29 is 4.79 Å². The number of anilines is 1. The minimum atomic E-state index is -0.123. The predicted molar refractivity (Wildman–Crippen MR) is 66.1 cm³/mol. The quantitative estimate of drug-likeness (QED) is 0.724. The van der Waals surface area contributed by atoms with Crippen LogP contribution in [0, 0.1) is 0 Å². The van der Waals surface area contributed by atoms with Crippen LogP contribution in [0.2, 0.25) is 0 Å². The third-order valence-electron chi connectivity index (χ3n) is 2.53. The Bertz CT molecular complexity index is 638. The van der Waals surface area contributed by atoms with Gasteiger partial charge in [0.25, 0.3) is 0 Å². The molecule has 0 saturated heterocycles. The number of aromatic amines is 1. The molecule has 0 spiro atoms. The second kappa shape index (κ2) is 4.33. The van der Waals surface area contributed by atoms with Gasteiger partial charge in [-0.2, -0.15) is 5.10 Å². The summed E-state index contributed by atoms with van der Waals surface area (Å²) in [7, 11) is 0. The largest absolute Gasteiger partial charge is 0.311 e. The number of amides is 1. The van der Waals surface area contributed by atoms with E-state index in [1.165, 1.54) is 0 Å². The van der Waals surface area contributed by atoms with Crippen molar-refractivity contribution in [3.63, 3.8) is 0 Å². The first-order valence-electron chi connectivity index (χ1n) is 5.53. The molecule has 0 aromatic carbocycles. The maximum absolute atomic E-state index is 11.7. The summed E-state index contributed by atoms with van der Waals surface area (Å²) in [5.41, 5.74) is 1.57. The van der Waals surface area contributed by atoms with Gasteiger partial charge in [-0.1, -0.05) is 6.07 Å². The SMILES string of the molecule is O=C(Cc1cn2ccccc2n1)Nc1ccn[nH]1. The van der Waals surface area contributed by atoms with Crippen LogP contribution >= 0.6 is 0 Å². The van der Waals surface area contributed by atoms with E-state index >= 15 is 0 Å². The van der Waals surface area contributed by atoms with Gasteiger partial charge in [0.2, 0.25) is 5.91 Å². The van der Waals surface area contributed by atoms with Crippen LogP contribution < -0.4 is 5.32 Å². The van der Waals surface area contributed by atoms with Crippen molar-refractivity contribution in [2.45, 2.75) is 6.42 Å². The fourth-order valence-corrected chi connectivity index (χ4v) is 1.76. The lowest BCUT2D eigenvalue weighted by Gasteiger charge is -1.99. The molecule has 6 nitrogen and oxygen atoms in total. The molecular formula is C12H11N5O. The molecule has 0 fully saturated rings. The van der Waals surface area contributed by atoms with E-state index in [9.17, 15) is 4.79 Å². The van der Waals surface area contributed by atoms with Crippen LogP contribution in [0.4, 0.5) is 5.82 Å². The smallest absolute Gasteiger partial charge is 0.231 e. The molecule has 0 radical (unpaired) electrons. The Morgan fingerprint density at radius 3 is 3.11 bits per heavy atom. The molecule has 0 atom stereocenters. The second-order valence-electron chi connectivity index (χ2n) is 3.89. The molecule has 0 aliphatic rings. The van der Waals surface area contributed by atoms with Crippen LogP contribution in [0.15, 0.2) is 42.9 Å². The van der Waals surface area contributed by atoms with E-state index in [2.05, 4.69) is 20.5 Å². The lowest BCUT2D eigenvalue weighted by molar-refractivity contribution is -0.115. The second-order valence-corrected chi connectivity index (χ2v) is 3.89. The van der Waals surface area contributed by atoms with Crippen molar-refractivity contribution in [1.29, 1.82) is 0 Å². The van der Waals surface area contributed by atoms with Crippen LogP contribution in [0.25, 0.3) is 5.65 Å². The molecule has 0 saturated carbocycles. The molecule has 0 unspecified atom stereocenters. The molecule has 3 aromatic heterocycles. The zero-order valence-electron chi connectivity index (χ0n) is 9.50. The van der Waals surface area contributed by atoms with Gasteiger partial charge in [-0.25, -0.2) is 4.98 Å². The zero-order valence-corrected chi connectivity index (χ0v) is 9.50. The fourth-order valence-electron chi connectivity index (χ4n) is 1.76. The molecule has 1 amide bonds. The van der Waals surface area contributed by atoms with Crippen molar-refractivity contribution >= 4 is 17.4 Å². The molecule has 90 valence electrons.